The lowest BCUT2D eigenvalue weighted by Gasteiger charge is -2.33. The number of halogens is 1. The summed E-state index contributed by atoms with van der Waals surface area (Å²) in [5.74, 6) is -2.04. The van der Waals surface area contributed by atoms with E-state index in [1.54, 1.807) is 0 Å². The van der Waals surface area contributed by atoms with Gasteiger partial charge in [0.1, 0.15) is 5.82 Å². The Morgan fingerprint density at radius 2 is 1.93 bits per heavy atom. The van der Waals surface area contributed by atoms with Crippen LogP contribution in [-0.4, -0.2) is 49.5 Å². The van der Waals surface area contributed by atoms with E-state index in [9.17, 15) is 14.0 Å². The van der Waals surface area contributed by atoms with Gasteiger partial charge < -0.3 is 15.4 Å². The zero-order valence-corrected chi connectivity index (χ0v) is 14.9. The normalized spacial score (nSPS) is 17.3. The highest BCUT2D eigenvalue weighted by atomic mass is 19.1. The summed E-state index contributed by atoms with van der Waals surface area (Å²) < 4.78 is 18.9. The minimum absolute atomic E-state index is 0.00641. The average Bonchev–Trinajstić information content (AvgIpc) is 2.69. The smallest absolute Gasteiger partial charge is 0.313 e. The van der Waals surface area contributed by atoms with Gasteiger partial charge in [0, 0.05) is 31.9 Å². The number of amides is 2. The molecular formula is C20H22FN3O3. The molecule has 1 heterocycles. The predicted octanol–water partition coefficient (Wildman–Crippen LogP) is 1.95. The van der Waals surface area contributed by atoms with E-state index < -0.39 is 17.6 Å². The Balaban J connectivity index is 1.42. The molecule has 0 spiro atoms. The zero-order chi connectivity index (χ0) is 19.1. The van der Waals surface area contributed by atoms with Crippen molar-refractivity contribution in [3.63, 3.8) is 0 Å². The maximum atomic E-state index is 13.1. The van der Waals surface area contributed by atoms with Gasteiger partial charge in [0.25, 0.3) is 0 Å². The number of nitrogens with one attached hydrogen (secondary N) is 2. The monoisotopic (exact) mass is 371 g/mol. The third-order valence-corrected chi connectivity index (χ3v) is 4.32. The molecule has 1 fully saturated rings. The molecular weight excluding hydrogens is 349 g/mol. The molecule has 1 saturated heterocycles. The van der Waals surface area contributed by atoms with Crippen LogP contribution in [0, 0.1) is 5.82 Å². The summed E-state index contributed by atoms with van der Waals surface area (Å²) in [6.07, 6.45) is 0.00641. The van der Waals surface area contributed by atoms with E-state index in [4.69, 9.17) is 4.74 Å². The lowest BCUT2D eigenvalue weighted by Crippen LogP contribution is -2.44. The highest BCUT2D eigenvalue weighted by Crippen LogP contribution is 2.21. The molecule has 1 aliphatic heterocycles. The van der Waals surface area contributed by atoms with Crippen molar-refractivity contribution in [2.24, 2.45) is 0 Å². The van der Waals surface area contributed by atoms with Crippen LogP contribution in [0.1, 0.15) is 11.7 Å². The fraction of sp³-hybridized carbons (Fsp3) is 0.300. The van der Waals surface area contributed by atoms with Gasteiger partial charge in [0.2, 0.25) is 0 Å². The standard InChI is InChI=1S/C20H22FN3O3/c21-16-7-4-8-17(13-16)23-20(26)19(25)22-9-10-24-11-12-27-18(14-24)15-5-2-1-3-6-15/h1-8,13,18H,9-12,14H2,(H,22,25)(H,23,26). The first-order valence-electron chi connectivity index (χ1n) is 8.85. The Labute approximate surface area is 157 Å². The number of carbonyl (C=O) groups is 2. The highest BCUT2D eigenvalue weighted by Gasteiger charge is 2.22. The fourth-order valence-corrected chi connectivity index (χ4v) is 2.94. The largest absolute Gasteiger partial charge is 0.371 e. The molecule has 2 aromatic carbocycles. The average molecular weight is 371 g/mol. The first-order valence-corrected chi connectivity index (χ1v) is 8.85. The van der Waals surface area contributed by atoms with Crippen LogP contribution in [0.2, 0.25) is 0 Å². The van der Waals surface area contributed by atoms with Gasteiger partial charge in [-0.15, -0.1) is 0 Å². The number of hydrogen-bond acceptors (Lipinski definition) is 4. The van der Waals surface area contributed by atoms with Gasteiger partial charge in [-0.3, -0.25) is 14.5 Å². The Hall–Kier alpha value is -2.77. The Morgan fingerprint density at radius 1 is 1.11 bits per heavy atom. The van der Waals surface area contributed by atoms with Crippen LogP contribution in [-0.2, 0) is 14.3 Å². The van der Waals surface area contributed by atoms with Crippen molar-refractivity contribution in [2.75, 3.05) is 38.1 Å². The maximum Gasteiger partial charge on any atom is 0.313 e. The van der Waals surface area contributed by atoms with E-state index >= 15 is 0 Å². The number of carbonyl (C=O) groups excluding carboxylic acids is 2. The van der Waals surface area contributed by atoms with Crippen molar-refractivity contribution >= 4 is 17.5 Å². The number of rotatable bonds is 5. The highest BCUT2D eigenvalue weighted by molar-refractivity contribution is 6.39. The van der Waals surface area contributed by atoms with Crippen LogP contribution in [0.3, 0.4) is 0 Å². The van der Waals surface area contributed by atoms with E-state index in [2.05, 4.69) is 15.5 Å². The molecule has 27 heavy (non-hydrogen) atoms. The van der Waals surface area contributed by atoms with Crippen molar-refractivity contribution in [1.82, 2.24) is 10.2 Å². The summed E-state index contributed by atoms with van der Waals surface area (Å²) in [5, 5.41) is 4.97. The molecule has 2 N–H and O–H groups in total. The number of benzene rings is 2. The molecule has 0 saturated carbocycles. The van der Waals surface area contributed by atoms with Crippen LogP contribution in [0.15, 0.2) is 54.6 Å². The molecule has 0 bridgehead atoms. The summed E-state index contributed by atoms with van der Waals surface area (Å²) in [6.45, 7) is 3.08. The predicted molar refractivity (Wildman–Crippen MR) is 99.6 cm³/mol. The Bertz CT molecular complexity index is 785. The molecule has 1 atom stereocenters. The second kappa shape index (κ2) is 9.25. The first kappa shape index (κ1) is 19.0. The van der Waals surface area contributed by atoms with Gasteiger partial charge >= 0.3 is 11.8 Å². The molecule has 2 aromatic rings. The summed E-state index contributed by atoms with van der Waals surface area (Å²) in [4.78, 5) is 25.9. The summed E-state index contributed by atoms with van der Waals surface area (Å²) >= 11 is 0. The van der Waals surface area contributed by atoms with E-state index in [0.29, 0.717) is 19.7 Å². The first-order chi connectivity index (χ1) is 13.1. The summed E-state index contributed by atoms with van der Waals surface area (Å²) in [5.41, 5.74) is 1.37. The number of morpholine rings is 1. The molecule has 2 amide bonds. The summed E-state index contributed by atoms with van der Waals surface area (Å²) in [6, 6.07) is 15.4. The Kier molecular flexibility index (Phi) is 6.51. The van der Waals surface area contributed by atoms with Crippen LogP contribution >= 0.6 is 0 Å². The van der Waals surface area contributed by atoms with Crippen LogP contribution in [0.25, 0.3) is 0 Å². The number of hydrogen-bond donors (Lipinski definition) is 2. The SMILES string of the molecule is O=C(NCCN1CCOC(c2ccccc2)C1)C(=O)Nc1cccc(F)c1. The minimum atomic E-state index is -0.815. The van der Waals surface area contributed by atoms with E-state index in [-0.39, 0.29) is 11.8 Å². The molecule has 1 unspecified atom stereocenters. The van der Waals surface area contributed by atoms with Gasteiger partial charge in [0.05, 0.1) is 12.7 Å². The van der Waals surface area contributed by atoms with E-state index in [1.165, 1.54) is 18.2 Å². The van der Waals surface area contributed by atoms with Gasteiger partial charge in [-0.05, 0) is 23.8 Å². The topological polar surface area (TPSA) is 70.7 Å². The van der Waals surface area contributed by atoms with Gasteiger partial charge in [-0.25, -0.2) is 4.39 Å². The lowest BCUT2D eigenvalue weighted by atomic mass is 10.1. The number of nitrogens with zero attached hydrogens (tertiary/aromatic N) is 1. The second-order valence-corrected chi connectivity index (χ2v) is 6.29. The lowest BCUT2D eigenvalue weighted by molar-refractivity contribution is -0.136. The molecule has 3 rings (SSSR count). The van der Waals surface area contributed by atoms with E-state index in [0.717, 1.165) is 24.7 Å². The summed E-state index contributed by atoms with van der Waals surface area (Å²) in [7, 11) is 0. The molecule has 1 aliphatic rings. The molecule has 0 aliphatic carbocycles. The van der Waals surface area contributed by atoms with Crippen molar-refractivity contribution in [3.8, 4) is 0 Å². The van der Waals surface area contributed by atoms with Gasteiger partial charge in [0.15, 0.2) is 0 Å². The molecule has 0 aromatic heterocycles. The van der Waals surface area contributed by atoms with E-state index in [1.807, 2.05) is 30.3 Å². The third kappa shape index (κ3) is 5.60. The molecule has 142 valence electrons. The van der Waals surface area contributed by atoms with Crippen molar-refractivity contribution < 1.29 is 18.7 Å². The van der Waals surface area contributed by atoms with Crippen LogP contribution in [0.5, 0.6) is 0 Å². The molecule has 7 heteroatoms. The van der Waals surface area contributed by atoms with Crippen LogP contribution in [0.4, 0.5) is 10.1 Å². The minimum Gasteiger partial charge on any atom is -0.371 e. The van der Waals surface area contributed by atoms with Crippen molar-refractivity contribution in [1.29, 1.82) is 0 Å². The fourth-order valence-electron chi connectivity index (χ4n) is 2.94. The number of ether oxygens (including phenoxy) is 1. The zero-order valence-electron chi connectivity index (χ0n) is 14.9. The van der Waals surface area contributed by atoms with Crippen molar-refractivity contribution in [2.45, 2.75) is 6.10 Å². The van der Waals surface area contributed by atoms with Gasteiger partial charge in [-0.2, -0.15) is 0 Å². The molecule has 6 nitrogen and oxygen atoms in total. The second-order valence-electron chi connectivity index (χ2n) is 6.29. The third-order valence-electron chi connectivity index (χ3n) is 4.32. The van der Waals surface area contributed by atoms with Gasteiger partial charge in [-0.1, -0.05) is 36.4 Å². The maximum absolute atomic E-state index is 13.1. The number of anilines is 1. The van der Waals surface area contributed by atoms with Crippen LogP contribution < -0.4 is 10.6 Å². The quantitative estimate of drug-likeness (QED) is 0.789. The Morgan fingerprint density at radius 3 is 2.70 bits per heavy atom. The van der Waals surface area contributed by atoms with Crippen molar-refractivity contribution in [3.05, 3.63) is 66.0 Å². The molecule has 0 radical (unpaired) electrons.